The van der Waals surface area contributed by atoms with Crippen molar-refractivity contribution in [1.82, 2.24) is 10.0 Å². The second kappa shape index (κ2) is 9.06. The van der Waals surface area contributed by atoms with Gasteiger partial charge in [-0.05, 0) is 0 Å². The van der Waals surface area contributed by atoms with E-state index in [0.29, 0.717) is 12.3 Å². The third-order valence-corrected chi connectivity index (χ3v) is 3.67. The number of hydrogen-bond acceptors (Lipinski definition) is 9. The molecular weight excluding hydrogens is 274 g/mol. The smallest absolute Gasteiger partial charge is 0.174 e. The summed E-state index contributed by atoms with van der Waals surface area (Å²) in [5.74, 6) is 0.704. The summed E-state index contributed by atoms with van der Waals surface area (Å²) in [6.45, 7) is 1.57. The molecule has 8 nitrogen and oxygen atoms in total. The van der Waals surface area contributed by atoms with Crippen LogP contribution in [0.5, 0.6) is 0 Å². The van der Waals surface area contributed by atoms with Gasteiger partial charge in [0.05, 0.1) is 12.6 Å². The van der Waals surface area contributed by atoms with E-state index < -0.39 is 37.3 Å². The van der Waals surface area contributed by atoms with Crippen LogP contribution in [0.4, 0.5) is 0 Å². The topological polar surface area (TPSA) is 140 Å². The Hall–Kier alpha value is 0.0300. The fraction of sp³-hybridized carbons (Fsp3) is 1.00. The molecule has 9 heteroatoms. The van der Waals surface area contributed by atoms with Crippen molar-refractivity contribution < 1.29 is 25.2 Å². The zero-order valence-electron chi connectivity index (χ0n) is 10.6. The Balaban J connectivity index is 2.28. The quantitative estimate of drug-likeness (QED) is 0.180. The van der Waals surface area contributed by atoms with Gasteiger partial charge < -0.3 is 36.2 Å². The first-order valence-corrected chi connectivity index (χ1v) is 7.19. The Bertz CT molecular complexity index is 251. The van der Waals surface area contributed by atoms with Crippen LogP contribution in [-0.4, -0.2) is 83.1 Å². The van der Waals surface area contributed by atoms with Crippen molar-refractivity contribution in [2.45, 2.75) is 30.6 Å². The van der Waals surface area contributed by atoms with Crippen molar-refractivity contribution in [2.24, 2.45) is 5.73 Å². The lowest BCUT2D eigenvalue weighted by Gasteiger charge is -2.40. The van der Waals surface area contributed by atoms with Gasteiger partial charge in [0, 0.05) is 25.4 Å². The molecule has 1 saturated heterocycles. The lowest BCUT2D eigenvalue weighted by atomic mass is 9.98. The maximum absolute atomic E-state index is 9.84. The molecule has 1 fully saturated rings. The first-order valence-electron chi connectivity index (χ1n) is 6.20. The molecule has 1 rings (SSSR count). The fourth-order valence-corrected chi connectivity index (χ4v) is 2.54. The van der Waals surface area contributed by atoms with E-state index in [1.54, 1.807) is 0 Å². The summed E-state index contributed by atoms with van der Waals surface area (Å²) in [5.41, 5.74) is 5.32. The Morgan fingerprint density at radius 2 is 1.89 bits per heavy atom. The minimum Gasteiger partial charge on any atom is -0.394 e. The number of aliphatic hydroxyl groups excluding tert-OH is 4. The molecule has 0 saturated carbocycles. The molecule has 0 bridgehead atoms. The number of hydrogen-bond donors (Lipinski definition) is 7. The maximum atomic E-state index is 9.84. The Morgan fingerprint density at radius 1 is 1.16 bits per heavy atom. The summed E-state index contributed by atoms with van der Waals surface area (Å²) >= 11 is 1.30. The number of nitrogens with one attached hydrogen (secondary N) is 2. The van der Waals surface area contributed by atoms with Crippen molar-refractivity contribution in [3.63, 3.8) is 0 Å². The van der Waals surface area contributed by atoms with Crippen molar-refractivity contribution in [3.8, 4) is 0 Å². The minimum atomic E-state index is -1.28. The maximum Gasteiger partial charge on any atom is 0.174 e. The molecule has 1 aliphatic heterocycles. The van der Waals surface area contributed by atoms with Gasteiger partial charge in [0.25, 0.3) is 0 Å². The van der Waals surface area contributed by atoms with Crippen LogP contribution in [-0.2, 0) is 4.74 Å². The monoisotopic (exact) mass is 297 g/mol. The summed E-state index contributed by atoms with van der Waals surface area (Å²) < 4.78 is 7.87. The number of rotatable bonds is 8. The first-order chi connectivity index (χ1) is 9.11. The third-order valence-electron chi connectivity index (χ3n) is 2.82. The van der Waals surface area contributed by atoms with Crippen LogP contribution < -0.4 is 15.8 Å². The van der Waals surface area contributed by atoms with Gasteiger partial charge in [0.1, 0.15) is 18.3 Å². The van der Waals surface area contributed by atoms with Crippen LogP contribution in [0.1, 0.15) is 0 Å². The normalized spacial score (nSPS) is 35.5. The number of nitrogens with two attached hydrogens (primary N) is 1. The van der Waals surface area contributed by atoms with E-state index in [4.69, 9.17) is 15.6 Å². The van der Waals surface area contributed by atoms with E-state index >= 15 is 0 Å². The predicted octanol–water partition coefficient (Wildman–Crippen LogP) is -3.43. The van der Waals surface area contributed by atoms with Gasteiger partial charge in [-0.1, -0.05) is 11.9 Å². The molecule has 19 heavy (non-hydrogen) atoms. The van der Waals surface area contributed by atoms with Crippen molar-refractivity contribution >= 4 is 11.9 Å². The fourth-order valence-electron chi connectivity index (χ4n) is 1.73. The van der Waals surface area contributed by atoms with Crippen LogP contribution in [0.2, 0.25) is 0 Å². The molecule has 1 heterocycles. The number of aliphatic hydroxyl groups is 4. The lowest BCUT2D eigenvalue weighted by molar-refractivity contribution is -0.251. The Morgan fingerprint density at radius 3 is 2.53 bits per heavy atom. The molecule has 0 aromatic rings. The molecule has 0 amide bonds. The summed E-state index contributed by atoms with van der Waals surface area (Å²) in [4.78, 5) is 0. The van der Waals surface area contributed by atoms with Crippen LogP contribution in [0.25, 0.3) is 0 Å². The molecule has 5 atom stereocenters. The molecule has 0 radical (unpaired) electrons. The van der Waals surface area contributed by atoms with E-state index in [-0.39, 0.29) is 0 Å². The van der Waals surface area contributed by atoms with Gasteiger partial charge in [-0.25, -0.2) is 0 Å². The van der Waals surface area contributed by atoms with E-state index in [1.165, 1.54) is 11.9 Å². The highest BCUT2D eigenvalue weighted by Crippen LogP contribution is 2.20. The van der Waals surface area contributed by atoms with Crippen LogP contribution in [0.15, 0.2) is 0 Å². The van der Waals surface area contributed by atoms with Gasteiger partial charge in [-0.2, -0.15) is 0 Å². The molecular formula is C10H23N3O5S. The molecule has 1 aliphatic rings. The molecule has 0 aromatic heterocycles. The summed E-state index contributed by atoms with van der Waals surface area (Å²) in [7, 11) is 0. The van der Waals surface area contributed by atoms with Gasteiger partial charge in [-0.3, -0.25) is 4.72 Å². The average Bonchev–Trinajstić information content (AvgIpc) is 2.41. The Kier molecular flexibility index (Phi) is 8.14. The summed E-state index contributed by atoms with van der Waals surface area (Å²) in [6.07, 6.45) is -4.69. The lowest BCUT2D eigenvalue weighted by Crippen LogP contribution is -2.62. The predicted molar refractivity (Wildman–Crippen MR) is 71.3 cm³/mol. The van der Waals surface area contributed by atoms with E-state index in [0.717, 1.165) is 13.1 Å². The van der Waals surface area contributed by atoms with Crippen molar-refractivity contribution in [1.29, 1.82) is 0 Å². The highest BCUT2D eigenvalue weighted by atomic mass is 32.2. The first kappa shape index (κ1) is 17.1. The molecule has 0 spiro atoms. The molecule has 0 aromatic carbocycles. The van der Waals surface area contributed by atoms with Gasteiger partial charge in [-0.15, -0.1) is 0 Å². The standard InChI is InChI=1S/C10H23N3O5S/c11-1-2-12-3-4-19-13-7-9(16)8(15)6(5-14)18-10(7)17/h6-10,12-17H,1-5,11H2. The van der Waals surface area contributed by atoms with Crippen molar-refractivity contribution in [3.05, 3.63) is 0 Å². The number of ether oxygens (including phenoxy) is 1. The summed E-state index contributed by atoms with van der Waals surface area (Å²) in [6, 6.07) is -0.808. The summed E-state index contributed by atoms with van der Waals surface area (Å²) in [5, 5.41) is 41.2. The second-order valence-corrected chi connectivity index (χ2v) is 5.19. The molecule has 5 unspecified atom stereocenters. The zero-order chi connectivity index (χ0) is 14.3. The largest absolute Gasteiger partial charge is 0.394 e. The van der Waals surface area contributed by atoms with E-state index in [9.17, 15) is 15.3 Å². The van der Waals surface area contributed by atoms with Gasteiger partial charge >= 0.3 is 0 Å². The van der Waals surface area contributed by atoms with Gasteiger partial charge in [0.15, 0.2) is 6.29 Å². The van der Waals surface area contributed by atoms with Crippen LogP contribution in [0, 0.1) is 0 Å². The SMILES string of the molecule is NCCNCCSNC1C(O)OC(CO)C(O)C1O. The second-order valence-electron chi connectivity index (χ2n) is 4.26. The third kappa shape index (κ3) is 5.14. The van der Waals surface area contributed by atoms with Crippen LogP contribution >= 0.6 is 11.9 Å². The van der Waals surface area contributed by atoms with Crippen molar-refractivity contribution in [2.75, 3.05) is 32.0 Å². The molecule has 8 N–H and O–H groups in total. The zero-order valence-corrected chi connectivity index (χ0v) is 11.4. The average molecular weight is 297 g/mol. The molecule has 114 valence electrons. The van der Waals surface area contributed by atoms with Crippen LogP contribution in [0.3, 0.4) is 0 Å². The highest BCUT2D eigenvalue weighted by Gasteiger charge is 2.43. The Labute approximate surface area is 116 Å². The highest BCUT2D eigenvalue weighted by molar-refractivity contribution is 7.97. The van der Waals surface area contributed by atoms with Gasteiger partial charge in [0.2, 0.25) is 0 Å². The minimum absolute atomic E-state index is 0.460. The van der Waals surface area contributed by atoms with E-state index in [2.05, 4.69) is 10.0 Å². The molecule has 0 aliphatic carbocycles. The van der Waals surface area contributed by atoms with E-state index in [1.807, 2.05) is 0 Å².